The third kappa shape index (κ3) is 4.15. The highest BCUT2D eigenvalue weighted by Crippen LogP contribution is 2.33. The topological polar surface area (TPSA) is 84.3 Å². The number of aryl methyl sites for hydroxylation is 1. The standard InChI is InChI=1S/C23H32N4O3S/c1-16-10-12-17(13-11-16)31(29,30)26-14-6-9-21(26)22(28)25-19-7-5-8-20-18(19)15-24-27(20)23(2,3)4/h10-13,15,19,21H,5-9,14H2,1-4H3,(H,25,28)/t19-,21-/m0/s1. The number of fused-ring (bicyclic) bond motifs is 1. The van der Waals surface area contributed by atoms with Crippen molar-refractivity contribution in [3.63, 3.8) is 0 Å². The highest BCUT2D eigenvalue weighted by molar-refractivity contribution is 7.89. The van der Waals surface area contributed by atoms with Crippen LogP contribution in [0.3, 0.4) is 0 Å². The molecule has 0 bridgehead atoms. The minimum absolute atomic E-state index is 0.121. The van der Waals surface area contributed by atoms with E-state index >= 15 is 0 Å². The summed E-state index contributed by atoms with van der Waals surface area (Å²) in [5.41, 5.74) is 3.10. The van der Waals surface area contributed by atoms with Crippen LogP contribution in [0.5, 0.6) is 0 Å². The largest absolute Gasteiger partial charge is 0.348 e. The summed E-state index contributed by atoms with van der Waals surface area (Å²) < 4.78 is 29.8. The van der Waals surface area contributed by atoms with E-state index in [9.17, 15) is 13.2 Å². The Kier molecular flexibility index (Phi) is 5.72. The van der Waals surface area contributed by atoms with Crippen molar-refractivity contribution < 1.29 is 13.2 Å². The van der Waals surface area contributed by atoms with Gasteiger partial charge in [-0.25, -0.2) is 8.42 Å². The molecule has 31 heavy (non-hydrogen) atoms. The van der Waals surface area contributed by atoms with Crippen LogP contribution in [-0.2, 0) is 26.8 Å². The third-order valence-electron chi connectivity index (χ3n) is 6.27. The van der Waals surface area contributed by atoms with Gasteiger partial charge in [0.1, 0.15) is 6.04 Å². The number of hydrogen-bond acceptors (Lipinski definition) is 4. The van der Waals surface area contributed by atoms with Gasteiger partial charge in [0.05, 0.1) is 22.7 Å². The van der Waals surface area contributed by atoms with Gasteiger partial charge in [0, 0.05) is 17.8 Å². The van der Waals surface area contributed by atoms with Gasteiger partial charge in [-0.1, -0.05) is 17.7 Å². The van der Waals surface area contributed by atoms with E-state index < -0.39 is 16.1 Å². The second-order valence-electron chi connectivity index (χ2n) is 9.67. The van der Waals surface area contributed by atoms with Gasteiger partial charge in [-0.05, 0) is 71.9 Å². The Balaban J connectivity index is 1.54. The highest BCUT2D eigenvalue weighted by atomic mass is 32.2. The molecule has 1 aliphatic heterocycles. The van der Waals surface area contributed by atoms with Crippen molar-refractivity contribution in [1.82, 2.24) is 19.4 Å². The van der Waals surface area contributed by atoms with E-state index in [2.05, 4.69) is 31.2 Å². The number of rotatable bonds is 4. The van der Waals surface area contributed by atoms with Crippen LogP contribution in [0.25, 0.3) is 0 Å². The predicted molar refractivity (Wildman–Crippen MR) is 119 cm³/mol. The predicted octanol–water partition coefficient (Wildman–Crippen LogP) is 3.29. The van der Waals surface area contributed by atoms with Gasteiger partial charge in [0.2, 0.25) is 15.9 Å². The average Bonchev–Trinajstić information content (AvgIpc) is 3.36. The fourth-order valence-electron chi connectivity index (χ4n) is 4.69. The van der Waals surface area contributed by atoms with Gasteiger partial charge >= 0.3 is 0 Å². The molecule has 1 fully saturated rings. The summed E-state index contributed by atoms with van der Waals surface area (Å²) in [6, 6.07) is 6.01. The maximum Gasteiger partial charge on any atom is 0.243 e. The smallest absolute Gasteiger partial charge is 0.243 e. The molecule has 2 aliphatic rings. The van der Waals surface area contributed by atoms with Crippen molar-refractivity contribution >= 4 is 15.9 Å². The number of carbonyl (C=O) groups is 1. The zero-order valence-corrected chi connectivity index (χ0v) is 19.6. The van der Waals surface area contributed by atoms with E-state index in [4.69, 9.17) is 0 Å². The van der Waals surface area contributed by atoms with Gasteiger partial charge < -0.3 is 5.32 Å². The van der Waals surface area contributed by atoms with Crippen molar-refractivity contribution in [3.05, 3.63) is 47.3 Å². The van der Waals surface area contributed by atoms with Crippen LogP contribution in [-0.4, -0.2) is 41.0 Å². The SMILES string of the molecule is Cc1ccc(S(=O)(=O)N2CCC[C@H]2C(=O)N[C@H]2CCCc3c2cnn3C(C)(C)C)cc1. The molecule has 8 heteroatoms. The Hall–Kier alpha value is -2.19. The summed E-state index contributed by atoms with van der Waals surface area (Å²) in [5.74, 6) is -0.213. The van der Waals surface area contributed by atoms with Gasteiger partial charge in [0.15, 0.2) is 0 Å². The molecule has 1 amide bonds. The second kappa shape index (κ2) is 8.06. The number of carbonyl (C=O) groups excluding carboxylic acids is 1. The summed E-state index contributed by atoms with van der Waals surface area (Å²) in [4.78, 5) is 13.5. The van der Waals surface area contributed by atoms with Crippen LogP contribution >= 0.6 is 0 Å². The van der Waals surface area contributed by atoms with Gasteiger partial charge in [-0.15, -0.1) is 0 Å². The van der Waals surface area contributed by atoms with Crippen molar-refractivity contribution in [2.45, 2.75) is 82.3 Å². The molecule has 0 radical (unpaired) electrons. The molecule has 1 aromatic carbocycles. The van der Waals surface area contributed by atoms with Crippen LogP contribution < -0.4 is 5.32 Å². The van der Waals surface area contributed by atoms with Gasteiger partial charge in [-0.2, -0.15) is 9.40 Å². The normalized spacial score (nSPS) is 22.3. The molecule has 2 heterocycles. The lowest BCUT2D eigenvalue weighted by atomic mass is 9.92. The van der Waals surface area contributed by atoms with Crippen LogP contribution in [0.15, 0.2) is 35.4 Å². The van der Waals surface area contributed by atoms with Crippen LogP contribution in [0.1, 0.15) is 69.3 Å². The number of nitrogens with one attached hydrogen (secondary N) is 1. The molecule has 7 nitrogen and oxygen atoms in total. The first-order chi connectivity index (χ1) is 14.6. The van der Waals surface area contributed by atoms with Gasteiger partial charge in [0.25, 0.3) is 0 Å². The number of sulfonamides is 1. The maximum absolute atomic E-state index is 13.2. The lowest BCUT2D eigenvalue weighted by Crippen LogP contribution is -2.47. The van der Waals surface area contributed by atoms with Crippen molar-refractivity contribution in [2.75, 3.05) is 6.54 Å². The van der Waals surface area contributed by atoms with E-state index in [1.165, 1.54) is 10.00 Å². The molecule has 2 aromatic rings. The Bertz CT molecular complexity index is 1070. The molecule has 0 spiro atoms. The first-order valence-electron chi connectivity index (χ1n) is 11.1. The molecular weight excluding hydrogens is 412 g/mol. The van der Waals surface area contributed by atoms with Crippen molar-refractivity contribution in [3.8, 4) is 0 Å². The molecular formula is C23H32N4O3S. The molecule has 0 saturated carbocycles. The van der Waals surface area contributed by atoms with Crippen LogP contribution in [0.2, 0.25) is 0 Å². The summed E-state index contributed by atoms with van der Waals surface area (Å²) in [7, 11) is -3.71. The first-order valence-corrected chi connectivity index (χ1v) is 12.5. The Labute approximate surface area is 184 Å². The number of benzene rings is 1. The van der Waals surface area contributed by atoms with E-state index in [-0.39, 0.29) is 22.4 Å². The summed E-state index contributed by atoms with van der Waals surface area (Å²) in [6.45, 7) is 8.65. The highest BCUT2D eigenvalue weighted by Gasteiger charge is 2.40. The number of hydrogen-bond donors (Lipinski definition) is 1. The zero-order valence-electron chi connectivity index (χ0n) is 18.8. The molecule has 1 aromatic heterocycles. The van der Waals surface area contributed by atoms with Crippen LogP contribution in [0, 0.1) is 6.92 Å². The molecule has 4 rings (SSSR count). The minimum atomic E-state index is -3.71. The Morgan fingerprint density at radius 1 is 1.13 bits per heavy atom. The van der Waals surface area contributed by atoms with E-state index in [1.807, 2.05) is 17.8 Å². The summed E-state index contributed by atoms with van der Waals surface area (Å²) in [5, 5.41) is 7.73. The minimum Gasteiger partial charge on any atom is -0.348 e. The molecule has 1 saturated heterocycles. The maximum atomic E-state index is 13.2. The second-order valence-corrected chi connectivity index (χ2v) is 11.6. The van der Waals surface area contributed by atoms with E-state index in [1.54, 1.807) is 24.3 Å². The molecule has 0 unspecified atom stereocenters. The number of aromatic nitrogens is 2. The fourth-order valence-corrected chi connectivity index (χ4v) is 6.34. The van der Waals surface area contributed by atoms with E-state index in [0.717, 1.165) is 30.4 Å². The van der Waals surface area contributed by atoms with Crippen molar-refractivity contribution in [1.29, 1.82) is 0 Å². The first kappa shape index (κ1) is 22.0. The molecule has 1 aliphatic carbocycles. The lowest BCUT2D eigenvalue weighted by Gasteiger charge is -2.30. The molecule has 1 N–H and O–H groups in total. The number of amides is 1. The lowest BCUT2D eigenvalue weighted by molar-refractivity contribution is -0.125. The summed E-state index contributed by atoms with van der Waals surface area (Å²) in [6.07, 6.45) is 5.83. The Morgan fingerprint density at radius 2 is 1.84 bits per heavy atom. The number of nitrogens with zero attached hydrogens (tertiary/aromatic N) is 3. The quantitative estimate of drug-likeness (QED) is 0.784. The summed E-state index contributed by atoms with van der Waals surface area (Å²) >= 11 is 0. The average molecular weight is 445 g/mol. The molecule has 168 valence electrons. The van der Waals surface area contributed by atoms with Crippen molar-refractivity contribution in [2.24, 2.45) is 0 Å². The van der Waals surface area contributed by atoms with Gasteiger partial charge in [-0.3, -0.25) is 9.48 Å². The zero-order chi connectivity index (χ0) is 22.4. The third-order valence-corrected chi connectivity index (χ3v) is 8.19. The monoisotopic (exact) mass is 444 g/mol. The fraction of sp³-hybridized carbons (Fsp3) is 0.565. The van der Waals surface area contributed by atoms with Crippen LogP contribution in [0.4, 0.5) is 0 Å². The Morgan fingerprint density at radius 3 is 2.52 bits per heavy atom. The molecule has 2 atom stereocenters. The van der Waals surface area contributed by atoms with E-state index in [0.29, 0.717) is 19.4 Å².